The van der Waals surface area contributed by atoms with Crippen molar-refractivity contribution in [2.75, 3.05) is 38.5 Å². The van der Waals surface area contributed by atoms with Crippen LogP contribution in [0.4, 0.5) is 0 Å². The standard InChI is InChI=1S/C9H19Cl2N2O2P/c1-3-4-9-15-16(14,12-2)13(7-5-10)8-6-11/h3H,1,4-9H2,2H3,(H,12,14). The molecule has 0 aromatic carbocycles. The van der Waals surface area contributed by atoms with Crippen molar-refractivity contribution in [2.45, 2.75) is 6.42 Å². The molecule has 0 saturated heterocycles. The minimum atomic E-state index is -3.01. The van der Waals surface area contributed by atoms with Crippen LogP contribution in [0.3, 0.4) is 0 Å². The van der Waals surface area contributed by atoms with Crippen LogP contribution < -0.4 is 5.09 Å². The smallest absolute Gasteiger partial charge is 0.306 e. The summed E-state index contributed by atoms with van der Waals surface area (Å²) in [7, 11) is -1.41. The Morgan fingerprint density at radius 2 is 2.00 bits per heavy atom. The highest BCUT2D eigenvalue weighted by molar-refractivity contribution is 7.54. The number of alkyl halides is 2. The van der Waals surface area contributed by atoms with Gasteiger partial charge in [-0.1, -0.05) is 6.08 Å². The van der Waals surface area contributed by atoms with Gasteiger partial charge >= 0.3 is 7.67 Å². The number of hydrogen-bond acceptors (Lipinski definition) is 2. The first-order valence-electron chi connectivity index (χ1n) is 5.06. The second kappa shape index (κ2) is 9.46. The zero-order valence-corrected chi connectivity index (χ0v) is 11.9. The monoisotopic (exact) mass is 288 g/mol. The largest absolute Gasteiger partial charge is 0.343 e. The number of nitrogens with one attached hydrogen (secondary N) is 1. The molecule has 0 saturated carbocycles. The van der Waals surface area contributed by atoms with Crippen molar-refractivity contribution in [3.63, 3.8) is 0 Å². The van der Waals surface area contributed by atoms with Crippen molar-refractivity contribution in [3.05, 3.63) is 12.7 Å². The molecule has 0 heterocycles. The van der Waals surface area contributed by atoms with Gasteiger partial charge in [-0.2, -0.15) is 0 Å². The minimum Gasteiger partial charge on any atom is -0.306 e. The fraction of sp³-hybridized carbons (Fsp3) is 0.778. The lowest BCUT2D eigenvalue weighted by molar-refractivity contribution is 0.263. The molecule has 0 rings (SSSR count). The van der Waals surface area contributed by atoms with E-state index < -0.39 is 7.67 Å². The molecular weight excluding hydrogens is 270 g/mol. The first-order chi connectivity index (χ1) is 7.64. The summed E-state index contributed by atoms with van der Waals surface area (Å²) >= 11 is 11.3. The number of rotatable bonds is 10. The SMILES string of the molecule is C=CCCOP(=O)(NC)N(CCCl)CCCl. The Hall–Kier alpha value is 0.430. The van der Waals surface area contributed by atoms with Gasteiger partial charge < -0.3 is 4.52 Å². The number of nitrogens with zero attached hydrogens (tertiary/aromatic N) is 1. The van der Waals surface area contributed by atoms with E-state index in [9.17, 15) is 4.57 Å². The maximum absolute atomic E-state index is 12.4. The molecule has 0 radical (unpaired) electrons. The van der Waals surface area contributed by atoms with Crippen LogP contribution in [-0.2, 0) is 9.09 Å². The fourth-order valence-electron chi connectivity index (χ4n) is 1.12. The van der Waals surface area contributed by atoms with Crippen molar-refractivity contribution in [3.8, 4) is 0 Å². The number of hydrogen-bond donors (Lipinski definition) is 1. The Morgan fingerprint density at radius 1 is 1.44 bits per heavy atom. The van der Waals surface area contributed by atoms with Crippen molar-refractivity contribution >= 4 is 30.9 Å². The highest BCUT2D eigenvalue weighted by atomic mass is 35.5. The Morgan fingerprint density at radius 3 is 2.38 bits per heavy atom. The minimum absolute atomic E-state index is 0.364. The molecule has 0 aliphatic rings. The van der Waals surface area contributed by atoms with Gasteiger partial charge in [-0.3, -0.25) is 4.57 Å². The van der Waals surface area contributed by atoms with Crippen LogP contribution in [0.1, 0.15) is 6.42 Å². The number of halogens is 2. The van der Waals surface area contributed by atoms with E-state index in [0.717, 1.165) is 0 Å². The molecule has 7 heteroatoms. The van der Waals surface area contributed by atoms with E-state index in [0.29, 0.717) is 37.9 Å². The van der Waals surface area contributed by atoms with Gasteiger partial charge in [0.1, 0.15) is 0 Å². The van der Waals surface area contributed by atoms with Gasteiger partial charge in [0, 0.05) is 24.8 Å². The molecule has 96 valence electrons. The normalized spacial score (nSPS) is 15.0. The lowest BCUT2D eigenvalue weighted by Crippen LogP contribution is -2.31. The lowest BCUT2D eigenvalue weighted by atomic mass is 10.5. The Balaban J connectivity index is 4.45. The van der Waals surface area contributed by atoms with Crippen LogP contribution in [0.25, 0.3) is 0 Å². The highest BCUT2D eigenvalue weighted by Crippen LogP contribution is 2.45. The van der Waals surface area contributed by atoms with E-state index in [-0.39, 0.29) is 0 Å². The van der Waals surface area contributed by atoms with Crippen LogP contribution >= 0.6 is 30.9 Å². The molecule has 1 unspecified atom stereocenters. The van der Waals surface area contributed by atoms with Crippen LogP contribution in [0, 0.1) is 0 Å². The van der Waals surface area contributed by atoms with E-state index >= 15 is 0 Å². The summed E-state index contributed by atoms with van der Waals surface area (Å²) in [5.74, 6) is 0.765. The Bertz CT molecular complexity index is 236. The summed E-state index contributed by atoms with van der Waals surface area (Å²) in [6, 6.07) is 0. The van der Waals surface area contributed by atoms with Gasteiger partial charge in [0.2, 0.25) is 0 Å². The molecule has 0 fully saturated rings. The highest BCUT2D eigenvalue weighted by Gasteiger charge is 2.29. The van der Waals surface area contributed by atoms with E-state index in [4.69, 9.17) is 27.7 Å². The topological polar surface area (TPSA) is 41.6 Å². The zero-order valence-electron chi connectivity index (χ0n) is 9.49. The molecule has 4 nitrogen and oxygen atoms in total. The molecule has 0 aliphatic carbocycles. The molecular formula is C9H19Cl2N2O2P. The fourth-order valence-corrected chi connectivity index (χ4v) is 3.42. The van der Waals surface area contributed by atoms with Gasteiger partial charge in [-0.05, 0) is 13.5 Å². The van der Waals surface area contributed by atoms with Gasteiger partial charge in [0.15, 0.2) is 0 Å². The van der Waals surface area contributed by atoms with Crippen molar-refractivity contribution < 1.29 is 9.09 Å². The van der Waals surface area contributed by atoms with E-state index in [1.165, 1.54) is 0 Å². The summed E-state index contributed by atoms with van der Waals surface area (Å²) in [5, 5.41) is 2.71. The Labute approximate surface area is 107 Å². The molecule has 0 bridgehead atoms. The average molecular weight is 289 g/mol. The van der Waals surface area contributed by atoms with Crippen molar-refractivity contribution in [2.24, 2.45) is 0 Å². The molecule has 0 aromatic heterocycles. The van der Waals surface area contributed by atoms with Gasteiger partial charge in [-0.15, -0.1) is 29.8 Å². The third-order valence-electron chi connectivity index (χ3n) is 1.93. The summed E-state index contributed by atoms with van der Waals surface area (Å²) in [6.07, 6.45) is 2.37. The lowest BCUT2D eigenvalue weighted by Gasteiger charge is -2.29. The van der Waals surface area contributed by atoms with E-state index in [1.54, 1.807) is 17.8 Å². The predicted molar refractivity (Wildman–Crippen MR) is 70.4 cm³/mol. The molecule has 0 spiro atoms. The van der Waals surface area contributed by atoms with E-state index in [2.05, 4.69) is 11.7 Å². The van der Waals surface area contributed by atoms with Crippen LogP contribution in [0.5, 0.6) is 0 Å². The summed E-state index contributed by atoms with van der Waals surface area (Å²) < 4.78 is 19.4. The molecule has 0 amide bonds. The van der Waals surface area contributed by atoms with Crippen molar-refractivity contribution in [1.29, 1.82) is 0 Å². The molecule has 16 heavy (non-hydrogen) atoms. The van der Waals surface area contributed by atoms with Crippen molar-refractivity contribution in [1.82, 2.24) is 9.76 Å². The average Bonchev–Trinajstić information content (AvgIpc) is 2.29. The van der Waals surface area contributed by atoms with Crippen LogP contribution in [-0.4, -0.2) is 43.2 Å². The summed E-state index contributed by atoms with van der Waals surface area (Å²) in [6.45, 7) is 4.89. The molecule has 0 aliphatic heterocycles. The van der Waals surface area contributed by atoms with Gasteiger partial charge in [-0.25, -0.2) is 9.76 Å². The van der Waals surface area contributed by atoms with Crippen LogP contribution in [0.15, 0.2) is 12.7 Å². The molecule has 1 N–H and O–H groups in total. The maximum Gasteiger partial charge on any atom is 0.343 e. The zero-order chi connectivity index (χ0) is 12.4. The molecule has 1 atom stereocenters. The predicted octanol–water partition coefficient (Wildman–Crippen LogP) is 2.69. The third-order valence-corrected chi connectivity index (χ3v) is 4.51. The second-order valence-electron chi connectivity index (χ2n) is 2.99. The van der Waals surface area contributed by atoms with Gasteiger partial charge in [0.25, 0.3) is 0 Å². The van der Waals surface area contributed by atoms with Gasteiger partial charge in [0.05, 0.1) is 6.61 Å². The molecule has 0 aromatic rings. The maximum atomic E-state index is 12.4. The first kappa shape index (κ1) is 16.4. The second-order valence-corrected chi connectivity index (χ2v) is 6.05. The quantitative estimate of drug-likeness (QED) is 0.290. The van der Waals surface area contributed by atoms with E-state index in [1.807, 2.05) is 0 Å². The summed E-state index contributed by atoms with van der Waals surface area (Å²) in [5.41, 5.74) is 0. The Kier molecular flexibility index (Phi) is 9.71. The summed E-state index contributed by atoms with van der Waals surface area (Å²) in [4.78, 5) is 0. The van der Waals surface area contributed by atoms with Crippen LogP contribution in [0.2, 0.25) is 0 Å². The third kappa shape index (κ3) is 5.67. The first-order valence-corrected chi connectivity index (χ1v) is 7.71.